The van der Waals surface area contributed by atoms with Crippen LogP contribution in [0.25, 0.3) is 0 Å². The van der Waals surface area contributed by atoms with Crippen LogP contribution >= 0.6 is 12.4 Å². The Morgan fingerprint density at radius 3 is 2.40 bits per heavy atom. The molecule has 0 amide bonds. The summed E-state index contributed by atoms with van der Waals surface area (Å²) in [4.78, 5) is 2.36. The van der Waals surface area contributed by atoms with Crippen molar-refractivity contribution in [3.05, 3.63) is 23.8 Å². The highest BCUT2D eigenvalue weighted by Gasteiger charge is 2.36. The van der Waals surface area contributed by atoms with Crippen molar-refractivity contribution in [2.24, 2.45) is 5.92 Å². The van der Waals surface area contributed by atoms with E-state index in [0.29, 0.717) is 11.7 Å². The summed E-state index contributed by atoms with van der Waals surface area (Å²) in [5.74, 6) is 0.899. The van der Waals surface area contributed by atoms with Crippen molar-refractivity contribution in [3.8, 4) is 11.5 Å². The third-order valence-corrected chi connectivity index (χ3v) is 4.89. The van der Waals surface area contributed by atoms with E-state index in [1.807, 2.05) is 0 Å². The Balaban J connectivity index is 0.00000225. The van der Waals surface area contributed by atoms with Crippen molar-refractivity contribution in [1.29, 1.82) is 0 Å². The first-order valence-electron chi connectivity index (χ1n) is 8.36. The molecule has 4 nitrogen and oxygen atoms in total. The number of hydrogen-bond acceptors (Lipinski definition) is 4. The van der Waals surface area contributed by atoms with E-state index in [2.05, 4.69) is 15.0 Å². The molecule has 1 saturated carbocycles. The van der Waals surface area contributed by atoms with Crippen LogP contribution in [0.5, 0.6) is 11.5 Å². The minimum absolute atomic E-state index is 0. The molecule has 0 bridgehead atoms. The second-order valence-corrected chi connectivity index (χ2v) is 6.37. The highest BCUT2D eigenvalue weighted by molar-refractivity contribution is 5.85. The zero-order valence-corrected chi connectivity index (χ0v) is 15.0. The Morgan fingerprint density at radius 1 is 1.20 bits per heavy atom. The molecule has 0 spiro atoms. The summed E-state index contributed by atoms with van der Waals surface area (Å²) in [5, 5.41) is 3.32. The van der Waals surface area contributed by atoms with Gasteiger partial charge in [-0.25, -0.2) is 0 Å². The van der Waals surface area contributed by atoms with Gasteiger partial charge in [-0.1, -0.05) is 6.42 Å². The summed E-state index contributed by atoms with van der Waals surface area (Å²) >= 11 is 0. The molecule has 1 atom stereocenters. The minimum Gasteiger partial charge on any atom is -0.496 e. The Morgan fingerprint density at radius 2 is 1.88 bits per heavy atom. The summed E-state index contributed by atoms with van der Waals surface area (Å²) in [6.45, 7) is 3.55. The molecule has 2 aliphatic rings. The van der Waals surface area contributed by atoms with Crippen LogP contribution in [0.3, 0.4) is 0 Å². The molecule has 1 aromatic carbocycles. The number of halogens is 4. The van der Waals surface area contributed by atoms with Crippen molar-refractivity contribution < 1.29 is 22.6 Å². The SMILES string of the molecule is COc1ccc(OC(F)(F)F)cc1[C@@H](C1CCC1)N1CCNCC1.Cl. The number of rotatable bonds is 5. The standard InChI is InChI=1S/C17H23F3N2O2.ClH/c1-23-15-6-5-13(24-17(18,19)20)11-14(15)16(12-3-2-4-12)22-9-7-21-8-10-22;/h5-6,11-12,16,21H,2-4,7-10H2,1H3;1H/t16-;/m1./s1. The Hall–Kier alpha value is -1.18. The molecule has 2 fully saturated rings. The van der Waals surface area contributed by atoms with Gasteiger partial charge in [0, 0.05) is 37.8 Å². The van der Waals surface area contributed by atoms with Crippen molar-refractivity contribution in [2.45, 2.75) is 31.7 Å². The van der Waals surface area contributed by atoms with Crippen molar-refractivity contribution in [1.82, 2.24) is 10.2 Å². The molecule has 142 valence electrons. The lowest BCUT2D eigenvalue weighted by atomic mass is 9.76. The third-order valence-electron chi connectivity index (χ3n) is 4.89. The number of hydrogen-bond donors (Lipinski definition) is 1. The van der Waals surface area contributed by atoms with Crippen molar-refractivity contribution in [3.63, 3.8) is 0 Å². The van der Waals surface area contributed by atoms with E-state index in [0.717, 1.165) is 44.6 Å². The Labute approximate surface area is 152 Å². The molecule has 1 saturated heterocycles. The zero-order valence-electron chi connectivity index (χ0n) is 14.1. The molecular formula is C17H24ClF3N2O2. The van der Waals surface area contributed by atoms with E-state index in [9.17, 15) is 13.2 Å². The lowest BCUT2D eigenvalue weighted by molar-refractivity contribution is -0.274. The molecule has 0 radical (unpaired) electrons. The van der Waals surface area contributed by atoms with E-state index in [4.69, 9.17) is 4.74 Å². The topological polar surface area (TPSA) is 33.7 Å². The fourth-order valence-corrected chi connectivity index (χ4v) is 3.61. The lowest BCUT2D eigenvalue weighted by Crippen LogP contribution is -2.47. The van der Waals surface area contributed by atoms with Crippen LogP contribution < -0.4 is 14.8 Å². The van der Waals surface area contributed by atoms with Gasteiger partial charge in [0.15, 0.2) is 0 Å². The lowest BCUT2D eigenvalue weighted by Gasteiger charge is -2.43. The van der Waals surface area contributed by atoms with E-state index in [1.54, 1.807) is 13.2 Å². The van der Waals surface area contributed by atoms with Gasteiger partial charge in [-0.3, -0.25) is 4.90 Å². The van der Waals surface area contributed by atoms with Crippen LogP contribution in [-0.2, 0) is 0 Å². The molecule has 1 aromatic rings. The highest BCUT2D eigenvalue weighted by atomic mass is 35.5. The molecule has 8 heteroatoms. The average Bonchev–Trinajstić information content (AvgIpc) is 2.50. The number of piperazine rings is 1. The van der Waals surface area contributed by atoms with Crippen molar-refractivity contribution in [2.75, 3.05) is 33.3 Å². The van der Waals surface area contributed by atoms with Gasteiger partial charge in [-0.2, -0.15) is 0 Å². The number of nitrogens with zero attached hydrogens (tertiary/aromatic N) is 1. The number of methoxy groups -OCH3 is 1. The first-order chi connectivity index (χ1) is 11.5. The molecule has 1 heterocycles. The van der Waals surface area contributed by atoms with Crippen LogP contribution in [0.4, 0.5) is 13.2 Å². The van der Waals surface area contributed by atoms with Crippen molar-refractivity contribution >= 4 is 12.4 Å². The second kappa shape index (κ2) is 8.47. The maximum absolute atomic E-state index is 12.6. The largest absolute Gasteiger partial charge is 0.573 e. The smallest absolute Gasteiger partial charge is 0.496 e. The fourth-order valence-electron chi connectivity index (χ4n) is 3.61. The second-order valence-electron chi connectivity index (χ2n) is 6.37. The van der Waals surface area contributed by atoms with E-state index < -0.39 is 6.36 Å². The van der Waals surface area contributed by atoms with Crippen LogP contribution in [0.15, 0.2) is 18.2 Å². The van der Waals surface area contributed by atoms with Crippen LogP contribution in [0.1, 0.15) is 30.9 Å². The molecule has 1 aliphatic carbocycles. The predicted molar refractivity (Wildman–Crippen MR) is 91.4 cm³/mol. The van der Waals surface area contributed by atoms with Gasteiger partial charge in [0.1, 0.15) is 11.5 Å². The normalized spacial score (nSPS) is 20.3. The molecule has 3 rings (SSSR count). The molecular weight excluding hydrogens is 357 g/mol. The van der Waals surface area contributed by atoms with E-state index in [-0.39, 0.29) is 24.2 Å². The summed E-state index contributed by atoms with van der Waals surface area (Å²) in [7, 11) is 1.55. The molecule has 0 unspecified atom stereocenters. The van der Waals surface area contributed by atoms with E-state index in [1.165, 1.54) is 18.6 Å². The van der Waals surface area contributed by atoms with E-state index >= 15 is 0 Å². The maximum atomic E-state index is 12.6. The molecule has 0 aromatic heterocycles. The zero-order chi connectivity index (χ0) is 17.2. The fraction of sp³-hybridized carbons (Fsp3) is 0.647. The van der Waals surface area contributed by atoms with Gasteiger partial charge in [0.05, 0.1) is 7.11 Å². The summed E-state index contributed by atoms with van der Waals surface area (Å²) in [6.07, 6.45) is -1.31. The highest BCUT2D eigenvalue weighted by Crippen LogP contribution is 2.45. The Bertz CT molecular complexity index is 561. The van der Waals surface area contributed by atoms with Gasteiger partial charge in [0.2, 0.25) is 0 Å². The first-order valence-corrected chi connectivity index (χ1v) is 8.36. The van der Waals surface area contributed by atoms with Crippen LogP contribution in [0, 0.1) is 5.92 Å². The quantitative estimate of drug-likeness (QED) is 0.843. The third kappa shape index (κ3) is 4.92. The average molecular weight is 381 g/mol. The van der Waals surface area contributed by atoms with Gasteiger partial charge in [-0.05, 0) is 37.0 Å². The van der Waals surface area contributed by atoms with Crippen LogP contribution in [0.2, 0.25) is 0 Å². The number of nitrogens with one attached hydrogen (secondary N) is 1. The number of benzene rings is 1. The molecule has 25 heavy (non-hydrogen) atoms. The number of alkyl halides is 3. The van der Waals surface area contributed by atoms with Gasteiger partial charge in [-0.15, -0.1) is 25.6 Å². The van der Waals surface area contributed by atoms with Crippen LogP contribution in [-0.4, -0.2) is 44.6 Å². The summed E-state index contributed by atoms with van der Waals surface area (Å²) in [6, 6.07) is 4.46. The Kier molecular flexibility index (Phi) is 6.82. The maximum Gasteiger partial charge on any atom is 0.573 e. The molecule has 1 N–H and O–H groups in total. The van der Waals surface area contributed by atoms with Gasteiger partial charge >= 0.3 is 6.36 Å². The molecule has 1 aliphatic heterocycles. The predicted octanol–water partition coefficient (Wildman–Crippen LogP) is 3.76. The summed E-state index contributed by atoms with van der Waals surface area (Å²) < 4.78 is 47.3. The van der Waals surface area contributed by atoms with Gasteiger partial charge in [0.25, 0.3) is 0 Å². The monoisotopic (exact) mass is 380 g/mol. The van der Waals surface area contributed by atoms with Gasteiger partial charge < -0.3 is 14.8 Å². The summed E-state index contributed by atoms with van der Waals surface area (Å²) in [5.41, 5.74) is 0.797. The first kappa shape index (κ1) is 20.1. The minimum atomic E-state index is -4.69. The number of ether oxygens (including phenoxy) is 2.